The molecule has 0 aliphatic rings. The highest BCUT2D eigenvalue weighted by Gasteiger charge is 2.23. The van der Waals surface area contributed by atoms with Crippen LogP contribution in [0.5, 0.6) is 5.75 Å². The maximum absolute atomic E-state index is 12.7. The van der Waals surface area contributed by atoms with Gasteiger partial charge < -0.3 is 10.1 Å². The molecule has 4 nitrogen and oxygen atoms in total. The highest BCUT2D eigenvalue weighted by Crippen LogP contribution is 2.25. The summed E-state index contributed by atoms with van der Waals surface area (Å²) in [4.78, 5) is 16.7. The molecule has 1 amide bonds. The molecule has 3 aromatic rings. The summed E-state index contributed by atoms with van der Waals surface area (Å²) in [5.74, 6) is 0.355. The minimum Gasteiger partial charge on any atom is -0.476 e. The van der Waals surface area contributed by atoms with Crippen LogP contribution in [0.15, 0.2) is 83.6 Å². The molecule has 1 aromatic heterocycles. The fourth-order valence-electron chi connectivity index (χ4n) is 2.22. The van der Waals surface area contributed by atoms with Crippen LogP contribution in [-0.2, 0) is 4.79 Å². The van der Waals surface area contributed by atoms with E-state index >= 15 is 0 Å². The van der Waals surface area contributed by atoms with Crippen LogP contribution in [0.25, 0.3) is 0 Å². The number of nitrogens with one attached hydrogen (secondary N) is 1. The highest BCUT2D eigenvalue weighted by molar-refractivity contribution is 9.10. The third-order valence-corrected chi connectivity index (χ3v) is 3.81. The Morgan fingerprint density at radius 2 is 1.88 bits per heavy atom. The lowest BCUT2D eigenvalue weighted by molar-refractivity contribution is -0.123. The minimum absolute atomic E-state index is 0.255. The van der Waals surface area contributed by atoms with Gasteiger partial charge in [-0.15, -0.1) is 0 Å². The second-order valence-corrected chi connectivity index (χ2v) is 6.01. The number of amides is 1. The van der Waals surface area contributed by atoms with E-state index in [2.05, 4.69) is 26.2 Å². The smallest absolute Gasteiger partial charge is 0.270 e. The second kappa shape index (κ2) is 7.75. The lowest BCUT2D eigenvalue weighted by Gasteiger charge is -2.19. The molecule has 0 aliphatic carbocycles. The summed E-state index contributed by atoms with van der Waals surface area (Å²) < 4.78 is 6.84. The Labute approximate surface area is 148 Å². The topological polar surface area (TPSA) is 51.2 Å². The average Bonchev–Trinajstić information content (AvgIpc) is 2.61. The average molecular weight is 383 g/mol. The van der Waals surface area contributed by atoms with Crippen LogP contribution in [0.3, 0.4) is 0 Å². The first kappa shape index (κ1) is 16.2. The van der Waals surface area contributed by atoms with E-state index in [1.54, 1.807) is 24.5 Å². The van der Waals surface area contributed by atoms with E-state index in [1.165, 1.54) is 0 Å². The zero-order valence-corrected chi connectivity index (χ0v) is 14.3. The van der Waals surface area contributed by atoms with Crippen molar-refractivity contribution in [2.24, 2.45) is 0 Å². The first-order chi connectivity index (χ1) is 11.7. The van der Waals surface area contributed by atoms with Crippen molar-refractivity contribution in [1.29, 1.82) is 0 Å². The SMILES string of the molecule is O=C(Nc1cccnc1)C(Oc1cccc(Br)c1)c1ccccc1. The number of benzene rings is 2. The van der Waals surface area contributed by atoms with E-state index in [0.717, 1.165) is 10.0 Å². The first-order valence-corrected chi connectivity index (χ1v) is 8.20. The zero-order valence-electron chi connectivity index (χ0n) is 12.7. The number of hydrogen-bond acceptors (Lipinski definition) is 3. The lowest BCUT2D eigenvalue weighted by atomic mass is 10.1. The van der Waals surface area contributed by atoms with E-state index in [4.69, 9.17) is 4.74 Å². The van der Waals surface area contributed by atoms with Gasteiger partial charge in [-0.05, 0) is 30.3 Å². The molecule has 0 saturated carbocycles. The first-order valence-electron chi connectivity index (χ1n) is 7.40. The van der Waals surface area contributed by atoms with Crippen molar-refractivity contribution in [1.82, 2.24) is 4.98 Å². The maximum Gasteiger partial charge on any atom is 0.270 e. The molecule has 5 heteroatoms. The summed E-state index contributed by atoms with van der Waals surface area (Å²) in [6.07, 6.45) is 2.49. The van der Waals surface area contributed by atoms with Crippen LogP contribution >= 0.6 is 15.9 Å². The number of aromatic nitrogens is 1. The summed E-state index contributed by atoms with van der Waals surface area (Å²) in [6.45, 7) is 0. The molecule has 3 rings (SSSR count). The van der Waals surface area contributed by atoms with E-state index in [0.29, 0.717) is 11.4 Å². The number of carbonyl (C=O) groups excluding carboxylic acids is 1. The number of halogens is 1. The van der Waals surface area contributed by atoms with Gasteiger partial charge in [0.15, 0.2) is 0 Å². The number of rotatable bonds is 5. The van der Waals surface area contributed by atoms with Crippen LogP contribution in [0.2, 0.25) is 0 Å². The third-order valence-electron chi connectivity index (χ3n) is 3.32. The van der Waals surface area contributed by atoms with Gasteiger partial charge in [-0.1, -0.05) is 52.3 Å². The maximum atomic E-state index is 12.7. The van der Waals surface area contributed by atoms with Gasteiger partial charge in [0, 0.05) is 16.2 Å². The minimum atomic E-state index is -0.763. The molecule has 0 radical (unpaired) electrons. The van der Waals surface area contributed by atoms with Crippen LogP contribution < -0.4 is 10.1 Å². The molecule has 0 aliphatic heterocycles. The van der Waals surface area contributed by atoms with Crippen LogP contribution in [-0.4, -0.2) is 10.9 Å². The number of anilines is 1. The van der Waals surface area contributed by atoms with Gasteiger partial charge >= 0.3 is 0 Å². The van der Waals surface area contributed by atoms with Crippen LogP contribution in [0.1, 0.15) is 11.7 Å². The van der Waals surface area contributed by atoms with Crippen LogP contribution in [0.4, 0.5) is 5.69 Å². The summed E-state index contributed by atoms with van der Waals surface area (Å²) >= 11 is 3.41. The molecule has 120 valence electrons. The normalized spacial score (nSPS) is 11.5. The standard InChI is InChI=1S/C19H15BrN2O2/c20-15-8-4-10-17(12-15)24-18(14-6-2-1-3-7-14)19(23)22-16-9-5-11-21-13-16/h1-13,18H,(H,22,23). The predicted molar refractivity (Wildman–Crippen MR) is 96.8 cm³/mol. The van der Waals surface area contributed by atoms with Gasteiger partial charge in [-0.3, -0.25) is 9.78 Å². The number of nitrogens with zero attached hydrogens (tertiary/aromatic N) is 1. The molecule has 0 bridgehead atoms. The summed E-state index contributed by atoms with van der Waals surface area (Å²) in [5, 5.41) is 2.84. The van der Waals surface area contributed by atoms with Crippen molar-refractivity contribution >= 4 is 27.5 Å². The van der Waals surface area contributed by atoms with Crippen molar-refractivity contribution in [3.8, 4) is 5.75 Å². The molecule has 0 fully saturated rings. The molecule has 1 atom stereocenters. The fraction of sp³-hybridized carbons (Fsp3) is 0.0526. The molecule has 0 spiro atoms. The largest absolute Gasteiger partial charge is 0.476 e. The van der Waals surface area contributed by atoms with E-state index in [-0.39, 0.29) is 5.91 Å². The zero-order chi connectivity index (χ0) is 16.8. The number of hydrogen-bond donors (Lipinski definition) is 1. The third kappa shape index (κ3) is 4.20. The summed E-state index contributed by atoms with van der Waals surface area (Å²) in [6, 6.07) is 20.4. The predicted octanol–water partition coefficient (Wildman–Crippen LogP) is 4.60. The van der Waals surface area contributed by atoms with E-state index in [1.807, 2.05) is 54.6 Å². The Morgan fingerprint density at radius 1 is 1.04 bits per heavy atom. The number of pyridine rings is 1. The molecule has 1 unspecified atom stereocenters. The quantitative estimate of drug-likeness (QED) is 0.701. The number of ether oxygens (including phenoxy) is 1. The Kier molecular flexibility index (Phi) is 5.23. The van der Waals surface area contributed by atoms with Gasteiger partial charge in [0.2, 0.25) is 6.10 Å². The van der Waals surface area contributed by atoms with Crippen molar-refractivity contribution in [3.05, 3.63) is 89.2 Å². The molecular weight excluding hydrogens is 368 g/mol. The lowest BCUT2D eigenvalue weighted by Crippen LogP contribution is -2.25. The second-order valence-electron chi connectivity index (χ2n) is 5.10. The van der Waals surface area contributed by atoms with E-state index in [9.17, 15) is 4.79 Å². The van der Waals surface area contributed by atoms with Gasteiger partial charge in [-0.2, -0.15) is 0 Å². The van der Waals surface area contributed by atoms with E-state index < -0.39 is 6.10 Å². The van der Waals surface area contributed by atoms with Gasteiger partial charge in [0.1, 0.15) is 5.75 Å². The summed E-state index contributed by atoms with van der Waals surface area (Å²) in [7, 11) is 0. The molecule has 1 heterocycles. The van der Waals surface area contributed by atoms with Crippen LogP contribution in [0, 0.1) is 0 Å². The molecule has 2 aromatic carbocycles. The summed E-state index contributed by atoms with van der Waals surface area (Å²) in [5.41, 5.74) is 1.40. The molecule has 0 saturated heterocycles. The molecular formula is C19H15BrN2O2. The molecule has 1 N–H and O–H groups in total. The fourth-order valence-corrected chi connectivity index (χ4v) is 2.60. The Bertz CT molecular complexity index is 810. The number of carbonyl (C=O) groups is 1. The monoisotopic (exact) mass is 382 g/mol. The van der Waals surface area contributed by atoms with Crippen molar-refractivity contribution in [2.45, 2.75) is 6.10 Å². The van der Waals surface area contributed by atoms with Crippen molar-refractivity contribution in [3.63, 3.8) is 0 Å². The van der Waals surface area contributed by atoms with Gasteiger partial charge in [0.25, 0.3) is 5.91 Å². The Hall–Kier alpha value is -2.66. The molecule has 24 heavy (non-hydrogen) atoms. The van der Waals surface area contributed by atoms with Gasteiger partial charge in [-0.25, -0.2) is 0 Å². The highest BCUT2D eigenvalue weighted by atomic mass is 79.9. The van der Waals surface area contributed by atoms with Crippen molar-refractivity contribution < 1.29 is 9.53 Å². The van der Waals surface area contributed by atoms with Gasteiger partial charge in [0.05, 0.1) is 11.9 Å². The van der Waals surface area contributed by atoms with Crippen molar-refractivity contribution in [2.75, 3.05) is 5.32 Å². The Morgan fingerprint density at radius 3 is 2.58 bits per heavy atom. The Balaban J connectivity index is 1.86.